The molecule has 4 aromatic rings. The lowest BCUT2D eigenvalue weighted by atomic mass is 10.1. The highest BCUT2D eigenvalue weighted by Gasteiger charge is 2.20. The van der Waals surface area contributed by atoms with E-state index in [1.165, 1.54) is 0 Å². The van der Waals surface area contributed by atoms with Crippen molar-refractivity contribution in [3.05, 3.63) is 131 Å². The monoisotopic (exact) mass is 451 g/mol. The highest BCUT2D eigenvalue weighted by atomic mass is 16.5. The Bertz CT molecular complexity index is 1140. The predicted molar refractivity (Wildman–Crippen MR) is 134 cm³/mol. The van der Waals surface area contributed by atoms with Crippen LogP contribution in [0.5, 0.6) is 5.75 Å². The highest BCUT2D eigenvalue weighted by Crippen LogP contribution is 2.17. The number of nitrogens with one attached hydrogen (secondary N) is 1. The van der Waals surface area contributed by atoms with Gasteiger partial charge in [0.25, 0.3) is 5.91 Å². The zero-order chi connectivity index (χ0) is 23.6. The molecule has 0 radical (unpaired) electrons. The SMILES string of the molecule is COc1ccc(CNCc2ccncc2C(=O)N(Cc2ccccc2)Cc2ccccc2)cc1. The first-order valence-corrected chi connectivity index (χ1v) is 11.4. The number of aromatic nitrogens is 1. The van der Waals surface area contributed by atoms with Crippen molar-refractivity contribution in [3.63, 3.8) is 0 Å². The minimum absolute atomic E-state index is 0.0259. The van der Waals surface area contributed by atoms with Crippen molar-refractivity contribution in [2.75, 3.05) is 7.11 Å². The lowest BCUT2D eigenvalue weighted by Crippen LogP contribution is -2.31. The normalized spacial score (nSPS) is 10.6. The van der Waals surface area contributed by atoms with E-state index in [1.54, 1.807) is 19.5 Å². The van der Waals surface area contributed by atoms with Gasteiger partial charge in [-0.1, -0.05) is 72.8 Å². The Labute approximate surface area is 201 Å². The van der Waals surface area contributed by atoms with E-state index in [-0.39, 0.29) is 5.91 Å². The number of methoxy groups -OCH3 is 1. The summed E-state index contributed by atoms with van der Waals surface area (Å²) in [5, 5.41) is 3.45. The van der Waals surface area contributed by atoms with Gasteiger partial charge in [-0.25, -0.2) is 0 Å². The van der Waals surface area contributed by atoms with E-state index in [4.69, 9.17) is 4.74 Å². The van der Waals surface area contributed by atoms with Crippen LogP contribution in [-0.4, -0.2) is 22.9 Å². The van der Waals surface area contributed by atoms with Gasteiger partial charge in [0.2, 0.25) is 0 Å². The van der Waals surface area contributed by atoms with Crippen molar-refractivity contribution < 1.29 is 9.53 Å². The van der Waals surface area contributed by atoms with Crippen LogP contribution in [0.25, 0.3) is 0 Å². The van der Waals surface area contributed by atoms with Gasteiger partial charge in [-0.15, -0.1) is 0 Å². The molecule has 0 fully saturated rings. The average Bonchev–Trinajstić information content (AvgIpc) is 2.90. The lowest BCUT2D eigenvalue weighted by molar-refractivity contribution is 0.0728. The first kappa shape index (κ1) is 23.2. The summed E-state index contributed by atoms with van der Waals surface area (Å²) >= 11 is 0. The Morgan fingerprint density at radius 3 is 2.00 bits per heavy atom. The molecule has 5 nitrogen and oxygen atoms in total. The Hall–Kier alpha value is -3.96. The van der Waals surface area contributed by atoms with Crippen LogP contribution in [-0.2, 0) is 26.2 Å². The number of rotatable bonds is 10. The first-order valence-electron chi connectivity index (χ1n) is 11.4. The minimum Gasteiger partial charge on any atom is -0.497 e. The molecule has 0 aliphatic heterocycles. The topological polar surface area (TPSA) is 54.5 Å². The zero-order valence-corrected chi connectivity index (χ0v) is 19.4. The summed E-state index contributed by atoms with van der Waals surface area (Å²) < 4.78 is 5.22. The molecule has 5 heteroatoms. The van der Waals surface area contributed by atoms with Gasteiger partial charge in [0.1, 0.15) is 5.75 Å². The molecule has 0 bridgehead atoms. The van der Waals surface area contributed by atoms with Crippen LogP contribution in [0.1, 0.15) is 32.6 Å². The van der Waals surface area contributed by atoms with Crippen molar-refractivity contribution in [3.8, 4) is 5.75 Å². The second-order valence-corrected chi connectivity index (χ2v) is 8.12. The molecule has 1 N–H and O–H groups in total. The Kier molecular flexibility index (Phi) is 8.04. The standard InChI is InChI=1S/C29H29N3O2/c1-34-27-14-12-23(13-15-27)18-31-19-26-16-17-30-20-28(26)29(33)32(21-24-8-4-2-5-9-24)22-25-10-6-3-7-11-25/h2-17,20,31H,18-19,21-22H2,1H3. The van der Waals surface area contributed by atoms with Crippen LogP contribution in [0.4, 0.5) is 0 Å². The molecule has 172 valence electrons. The lowest BCUT2D eigenvalue weighted by Gasteiger charge is -2.24. The van der Waals surface area contributed by atoms with E-state index >= 15 is 0 Å². The summed E-state index contributed by atoms with van der Waals surface area (Å²) in [5.41, 5.74) is 4.89. The molecule has 0 aliphatic carbocycles. The van der Waals surface area contributed by atoms with Crippen molar-refractivity contribution in [1.82, 2.24) is 15.2 Å². The molecular weight excluding hydrogens is 422 g/mol. The quantitative estimate of drug-likeness (QED) is 0.359. The van der Waals surface area contributed by atoms with Gasteiger partial charge < -0.3 is 15.0 Å². The van der Waals surface area contributed by atoms with Gasteiger partial charge in [0.05, 0.1) is 12.7 Å². The Balaban J connectivity index is 1.50. The van der Waals surface area contributed by atoms with Crippen LogP contribution in [0.2, 0.25) is 0 Å². The van der Waals surface area contributed by atoms with Crippen LogP contribution < -0.4 is 10.1 Å². The van der Waals surface area contributed by atoms with Gasteiger partial charge in [-0.05, 0) is 40.5 Å². The number of carbonyl (C=O) groups is 1. The Morgan fingerprint density at radius 1 is 0.794 bits per heavy atom. The van der Waals surface area contributed by atoms with Crippen molar-refractivity contribution in [1.29, 1.82) is 0 Å². The highest BCUT2D eigenvalue weighted by molar-refractivity contribution is 5.95. The third-order valence-electron chi connectivity index (χ3n) is 5.67. The zero-order valence-electron chi connectivity index (χ0n) is 19.4. The number of benzene rings is 3. The number of amides is 1. The summed E-state index contributed by atoms with van der Waals surface area (Å²) in [7, 11) is 1.66. The Morgan fingerprint density at radius 2 is 1.41 bits per heavy atom. The van der Waals surface area contributed by atoms with Crippen LogP contribution in [0.3, 0.4) is 0 Å². The molecule has 1 amide bonds. The summed E-state index contributed by atoms with van der Waals surface area (Å²) in [6.07, 6.45) is 3.41. The molecule has 0 unspecified atom stereocenters. The van der Waals surface area contributed by atoms with Crippen molar-refractivity contribution >= 4 is 5.91 Å². The second-order valence-electron chi connectivity index (χ2n) is 8.12. The molecule has 0 saturated carbocycles. The fourth-order valence-corrected chi connectivity index (χ4v) is 3.83. The molecule has 0 atom stereocenters. The fraction of sp³-hybridized carbons (Fsp3) is 0.172. The maximum Gasteiger partial charge on any atom is 0.256 e. The van der Waals surface area contributed by atoms with E-state index in [2.05, 4.69) is 10.3 Å². The van der Waals surface area contributed by atoms with E-state index in [0.717, 1.165) is 28.0 Å². The van der Waals surface area contributed by atoms with E-state index in [0.29, 0.717) is 31.7 Å². The first-order chi connectivity index (χ1) is 16.7. The van der Waals surface area contributed by atoms with Gasteiger partial charge in [-0.3, -0.25) is 9.78 Å². The molecule has 1 aromatic heterocycles. The summed E-state index contributed by atoms with van der Waals surface area (Å²) in [6, 6.07) is 30.0. The van der Waals surface area contributed by atoms with Gasteiger partial charge in [0.15, 0.2) is 0 Å². The number of hydrogen-bond donors (Lipinski definition) is 1. The van der Waals surface area contributed by atoms with Crippen molar-refractivity contribution in [2.24, 2.45) is 0 Å². The molecule has 1 heterocycles. The van der Waals surface area contributed by atoms with Crippen LogP contribution >= 0.6 is 0 Å². The van der Waals surface area contributed by atoms with Crippen LogP contribution in [0, 0.1) is 0 Å². The number of ether oxygens (including phenoxy) is 1. The molecule has 3 aromatic carbocycles. The van der Waals surface area contributed by atoms with Crippen LogP contribution in [0.15, 0.2) is 103 Å². The second kappa shape index (κ2) is 11.8. The van der Waals surface area contributed by atoms with Gasteiger partial charge in [0, 0.05) is 38.6 Å². The number of nitrogens with zero attached hydrogens (tertiary/aromatic N) is 2. The molecule has 0 spiro atoms. The van der Waals surface area contributed by atoms with Gasteiger partial charge >= 0.3 is 0 Å². The molecular formula is C29H29N3O2. The summed E-state index contributed by atoms with van der Waals surface area (Å²) in [4.78, 5) is 19.9. The van der Waals surface area contributed by atoms with E-state index < -0.39 is 0 Å². The van der Waals surface area contributed by atoms with E-state index in [1.807, 2.05) is 95.9 Å². The van der Waals surface area contributed by atoms with Gasteiger partial charge in [-0.2, -0.15) is 0 Å². The fourth-order valence-electron chi connectivity index (χ4n) is 3.83. The average molecular weight is 452 g/mol. The maximum atomic E-state index is 13.7. The minimum atomic E-state index is -0.0259. The molecule has 4 rings (SSSR count). The maximum absolute atomic E-state index is 13.7. The summed E-state index contributed by atoms with van der Waals surface area (Å²) in [6.45, 7) is 2.32. The third kappa shape index (κ3) is 6.30. The molecule has 34 heavy (non-hydrogen) atoms. The largest absolute Gasteiger partial charge is 0.497 e. The number of hydrogen-bond acceptors (Lipinski definition) is 4. The predicted octanol–water partition coefficient (Wildman–Crippen LogP) is 5.22. The number of pyridine rings is 1. The third-order valence-corrected chi connectivity index (χ3v) is 5.67. The van der Waals surface area contributed by atoms with E-state index in [9.17, 15) is 4.79 Å². The summed E-state index contributed by atoms with van der Waals surface area (Å²) in [5.74, 6) is 0.810. The molecule has 0 saturated heterocycles. The smallest absolute Gasteiger partial charge is 0.256 e. The number of carbonyl (C=O) groups excluding carboxylic acids is 1. The van der Waals surface area contributed by atoms with Crippen molar-refractivity contribution in [2.45, 2.75) is 26.2 Å². The molecule has 0 aliphatic rings.